The first-order chi connectivity index (χ1) is 19.3. The molecule has 220 valence electrons. The molecule has 2 aromatic carbocycles. The molecule has 0 spiro atoms. The van der Waals surface area contributed by atoms with Gasteiger partial charge in [0, 0.05) is 36.1 Å². The van der Waals surface area contributed by atoms with E-state index in [1.165, 1.54) is 11.0 Å². The number of alkyl halides is 3. The maximum Gasteiger partial charge on any atom is 0.416 e. The van der Waals surface area contributed by atoms with E-state index in [9.17, 15) is 18.0 Å². The van der Waals surface area contributed by atoms with E-state index in [1.54, 1.807) is 18.3 Å². The van der Waals surface area contributed by atoms with Crippen LogP contribution in [-0.2, 0) is 19.1 Å². The van der Waals surface area contributed by atoms with Crippen molar-refractivity contribution >= 4 is 23.4 Å². The van der Waals surface area contributed by atoms with Crippen molar-refractivity contribution < 1.29 is 18.0 Å². The lowest BCUT2D eigenvalue weighted by atomic mass is 9.94. The van der Waals surface area contributed by atoms with Crippen molar-refractivity contribution in [2.45, 2.75) is 57.5 Å². The van der Waals surface area contributed by atoms with Crippen molar-refractivity contribution in [2.24, 2.45) is 22.2 Å². The van der Waals surface area contributed by atoms with Crippen LogP contribution in [0.5, 0.6) is 0 Å². The van der Waals surface area contributed by atoms with E-state index >= 15 is 0 Å². The molecule has 0 radical (unpaired) electrons. The van der Waals surface area contributed by atoms with Gasteiger partial charge in [0.05, 0.1) is 11.3 Å². The van der Waals surface area contributed by atoms with Crippen molar-refractivity contribution in [3.63, 3.8) is 0 Å². The lowest BCUT2D eigenvalue weighted by molar-refractivity contribution is -0.137. The highest BCUT2D eigenvalue weighted by atomic mass is 19.4. The highest BCUT2D eigenvalue weighted by molar-refractivity contribution is 5.96. The standard InChI is InChI=1S/C29H37F3N8O/c1-28(2,35)9-8-19-12-20(14-22(13-19)29(30,31)32)24-15-21-17-40(27(41)39-25(21)38-24)23-6-4-18(5-7-23)16-36-10-3-11-37-26(33)34/h4-7,12-15,17,25,36,38H,3,8-11,16,35H2,1-2H3,(H,39,41)(H4,33,34,37). The second-order valence-electron chi connectivity index (χ2n) is 11.0. The molecule has 0 aliphatic carbocycles. The van der Waals surface area contributed by atoms with Crippen molar-refractivity contribution in [1.29, 1.82) is 0 Å². The van der Waals surface area contributed by atoms with Gasteiger partial charge >= 0.3 is 12.2 Å². The van der Waals surface area contributed by atoms with Crippen LogP contribution in [0, 0.1) is 0 Å². The lowest BCUT2D eigenvalue weighted by Gasteiger charge is -2.29. The fourth-order valence-electron chi connectivity index (χ4n) is 4.56. The van der Waals surface area contributed by atoms with Crippen LogP contribution in [-0.4, -0.2) is 36.8 Å². The van der Waals surface area contributed by atoms with Gasteiger partial charge in [0.1, 0.15) is 6.17 Å². The number of rotatable bonds is 11. The first-order valence-electron chi connectivity index (χ1n) is 13.4. The molecule has 0 saturated carbocycles. The molecular weight excluding hydrogens is 533 g/mol. The molecular formula is C29H37F3N8O. The van der Waals surface area contributed by atoms with Crippen LogP contribution in [0.15, 0.2) is 65.3 Å². The number of carbonyl (C=O) groups is 1. The number of nitrogens with zero attached hydrogens (tertiary/aromatic N) is 2. The Morgan fingerprint density at radius 1 is 1.07 bits per heavy atom. The summed E-state index contributed by atoms with van der Waals surface area (Å²) in [5.41, 5.74) is 19.4. The Balaban J connectivity index is 1.48. The zero-order chi connectivity index (χ0) is 29.8. The van der Waals surface area contributed by atoms with E-state index in [-0.39, 0.29) is 12.0 Å². The van der Waals surface area contributed by atoms with Gasteiger partial charge in [-0.3, -0.25) is 9.89 Å². The van der Waals surface area contributed by atoms with Crippen molar-refractivity contribution in [2.75, 3.05) is 18.0 Å². The number of hydrogen-bond donors (Lipinski definition) is 6. The summed E-state index contributed by atoms with van der Waals surface area (Å²) in [6.45, 7) is 5.64. The summed E-state index contributed by atoms with van der Waals surface area (Å²) in [5.74, 6) is 0.0797. The molecule has 1 unspecified atom stereocenters. The highest BCUT2D eigenvalue weighted by Gasteiger charge is 2.34. The number of fused-ring (bicyclic) bond motifs is 1. The number of amides is 2. The number of benzene rings is 2. The van der Waals surface area contributed by atoms with E-state index in [0.29, 0.717) is 48.4 Å². The number of aryl methyl sites for hydroxylation is 1. The summed E-state index contributed by atoms with van der Waals surface area (Å²) in [5, 5.41) is 9.36. The number of carbonyl (C=O) groups excluding carboxylic acids is 1. The zero-order valence-corrected chi connectivity index (χ0v) is 23.2. The molecule has 41 heavy (non-hydrogen) atoms. The van der Waals surface area contributed by atoms with Crippen molar-refractivity contribution in [3.05, 3.63) is 82.6 Å². The van der Waals surface area contributed by atoms with Gasteiger partial charge in [-0.1, -0.05) is 12.1 Å². The van der Waals surface area contributed by atoms with E-state index in [4.69, 9.17) is 17.2 Å². The van der Waals surface area contributed by atoms with Crippen LogP contribution in [0.3, 0.4) is 0 Å². The molecule has 0 bridgehead atoms. The Hall–Kier alpha value is -4.03. The van der Waals surface area contributed by atoms with Crippen molar-refractivity contribution in [3.8, 4) is 0 Å². The smallest absolute Gasteiger partial charge is 0.370 e. The Morgan fingerprint density at radius 3 is 2.46 bits per heavy atom. The Bertz CT molecular complexity index is 1340. The fourth-order valence-corrected chi connectivity index (χ4v) is 4.56. The predicted molar refractivity (Wildman–Crippen MR) is 155 cm³/mol. The summed E-state index contributed by atoms with van der Waals surface area (Å²) in [7, 11) is 0. The number of guanidine groups is 1. The number of urea groups is 1. The Morgan fingerprint density at radius 2 is 1.80 bits per heavy atom. The minimum absolute atomic E-state index is 0.0797. The van der Waals surface area contributed by atoms with E-state index in [0.717, 1.165) is 30.2 Å². The van der Waals surface area contributed by atoms with E-state index in [2.05, 4.69) is 20.9 Å². The van der Waals surface area contributed by atoms with Gasteiger partial charge in [0.25, 0.3) is 0 Å². The largest absolute Gasteiger partial charge is 0.416 e. The lowest BCUT2D eigenvalue weighted by Crippen LogP contribution is -2.51. The number of aliphatic imine (C=N–C) groups is 1. The zero-order valence-electron chi connectivity index (χ0n) is 23.2. The Labute approximate surface area is 237 Å². The average molecular weight is 571 g/mol. The second-order valence-corrected chi connectivity index (χ2v) is 11.0. The molecule has 12 heteroatoms. The summed E-state index contributed by atoms with van der Waals surface area (Å²) in [6.07, 6.45) is 0.179. The molecule has 2 aliphatic rings. The first kappa shape index (κ1) is 29.9. The minimum atomic E-state index is -4.49. The van der Waals surface area contributed by atoms with Crippen LogP contribution in [0.1, 0.15) is 48.9 Å². The highest BCUT2D eigenvalue weighted by Crippen LogP contribution is 2.35. The number of hydrogen-bond acceptors (Lipinski definition) is 5. The average Bonchev–Trinajstić information content (AvgIpc) is 3.31. The van der Waals surface area contributed by atoms with Gasteiger partial charge < -0.3 is 33.2 Å². The van der Waals surface area contributed by atoms with Gasteiger partial charge in [-0.2, -0.15) is 13.2 Å². The molecule has 1 atom stereocenters. The number of anilines is 1. The predicted octanol–water partition coefficient (Wildman–Crippen LogP) is 3.51. The molecule has 2 aromatic rings. The van der Waals surface area contributed by atoms with E-state index < -0.39 is 23.4 Å². The molecule has 2 amide bonds. The maximum atomic E-state index is 13.7. The third-order valence-electron chi connectivity index (χ3n) is 6.75. The molecule has 4 rings (SSSR count). The SMILES string of the molecule is CC(C)(N)CCc1cc(C2=CC3=CN(c4ccc(CNCCCN=C(N)N)cc4)C(=O)NC3N2)cc(C(F)(F)F)c1. The third kappa shape index (κ3) is 8.24. The summed E-state index contributed by atoms with van der Waals surface area (Å²) >= 11 is 0. The van der Waals surface area contributed by atoms with Gasteiger partial charge in [-0.15, -0.1) is 0 Å². The van der Waals surface area contributed by atoms with Gasteiger partial charge in [-0.25, -0.2) is 4.79 Å². The van der Waals surface area contributed by atoms with Gasteiger partial charge in [0.15, 0.2) is 5.96 Å². The number of halogens is 3. The minimum Gasteiger partial charge on any atom is -0.370 e. The summed E-state index contributed by atoms with van der Waals surface area (Å²) < 4.78 is 41.1. The molecule has 0 saturated heterocycles. The molecule has 0 fully saturated rings. The fraction of sp³-hybridized carbons (Fsp3) is 0.379. The number of nitrogens with one attached hydrogen (secondary N) is 3. The van der Waals surface area contributed by atoms with Gasteiger partial charge in [-0.05, 0) is 92.8 Å². The van der Waals surface area contributed by atoms with E-state index in [1.807, 2.05) is 38.1 Å². The molecule has 9 N–H and O–H groups in total. The van der Waals surface area contributed by atoms with Crippen LogP contribution in [0.25, 0.3) is 5.70 Å². The topological polar surface area (TPSA) is 147 Å². The van der Waals surface area contributed by atoms with Crippen LogP contribution < -0.4 is 38.1 Å². The van der Waals surface area contributed by atoms with Crippen LogP contribution >= 0.6 is 0 Å². The normalized spacial score (nSPS) is 16.9. The van der Waals surface area contributed by atoms with Crippen LogP contribution in [0.4, 0.5) is 23.7 Å². The molecule has 0 aromatic heterocycles. The van der Waals surface area contributed by atoms with Crippen LogP contribution in [0.2, 0.25) is 0 Å². The third-order valence-corrected chi connectivity index (χ3v) is 6.75. The summed E-state index contributed by atoms with van der Waals surface area (Å²) in [6, 6.07) is 11.2. The molecule has 2 heterocycles. The summed E-state index contributed by atoms with van der Waals surface area (Å²) in [4.78, 5) is 18.3. The Kier molecular flexibility index (Phi) is 8.93. The number of nitrogens with two attached hydrogens (primary N) is 3. The first-order valence-corrected chi connectivity index (χ1v) is 13.4. The monoisotopic (exact) mass is 570 g/mol. The van der Waals surface area contributed by atoms with Gasteiger partial charge in [0.2, 0.25) is 0 Å². The molecule has 2 aliphatic heterocycles. The molecule has 9 nitrogen and oxygen atoms in total. The van der Waals surface area contributed by atoms with Crippen molar-refractivity contribution in [1.82, 2.24) is 16.0 Å². The quantitative estimate of drug-likeness (QED) is 0.138. The maximum absolute atomic E-state index is 13.7. The second kappa shape index (κ2) is 12.2.